The summed E-state index contributed by atoms with van der Waals surface area (Å²) in [5.41, 5.74) is 7.95. The molecule has 0 bridgehead atoms. The third-order valence-electron chi connectivity index (χ3n) is 4.19. The molecule has 0 aromatic heterocycles. The van der Waals surface area contributed by atoms with Crippen molar-refractivity contribution in [3.05, 3.63) is 47.5 Å². The Balaban J connectivity index is 2.33. The summed E-state index contributed by atoms with van der Waals surface area (Å²) in [6, 6.07) is 13.4. The molecule has 3 rings (SSSR count). The topological polar surface area (TPSA) is 3.24 Å². The number of quaternary nitrogens is 1. The van der Waals surface area contributed by atoms with Crippen molar-refractivity contribution in [1.29, 1.82) is 0 Å². The number of aryl methyl sites for hydroxylation is 2. The number of hydrogen-bond donors (Lipinski definition) is 0. The Labute approximate surface area is 115 Å². The van der Waals surface area contributed by atoms with Crippen LogP contribution in [0, 0.1) is 13.8 Å². The van der Waals surface area contributed by atoms with Gasteiger partial charge < -0.3 is 4.90 Å². The van der Waals surface area contributed by atoms with Gasteiger partial charge in [-0.3, -0.25) is 4.48 Å². The molecule has 0 amide bonds. The third kappa shape index (κ3) is 1.67. The van der Waals surface area contributed by atoms with E-state index in [1.165, 1.54) is 33.9 Å². The van der Waals surface area contributed by atoms with Gasteiger partial charge in [-0.25, -0.2) is 0 Å². The van der Waals surface area contributed by atoms with E-state index >= 15 is 0 Å². The second-order valence-corrected chi connectivity index (χ2v) is 6.00. The molecule has 1 heterocycles. The molecule has 0 saturated carbocycles. The first-order valence-corrected chi connectivity index (χ1v) is 6.71. The largest absolute Gasteiger partial charge is 0.335 e. The molecule has 1 aliphatic heterocycles. The summed E-state index contributed by atoms with van der Waals surface area (Å²) in [5, 5.41) is 0. The third-order valence-corrected chi connectivity index (χ3v) is 4.19. The Morgan fingerprint density at radius 2 is 1.21 bits per heavy atom. The van der Waals surface area contributed by atoms with Crippen LogP contribution in [0.1, 0.15) is 11.1 Å². The summed E-state index contributed by atoms with van der Waals surface area (Å²) in [6.45, 7) is 4.32. The van der Waals surface area contributed by atoms with Crippen molar-refractivity contribution < 1.29 is 0 Å². The Hall–Kier alpha value is -1.80. The molecule has 2 nitrogen and oxygen atoms in total. The van der Waals surface area contributed by atoms with Gasteiger partial charge in [0.1, 0.15) is 11.4 Å². The van der Waals surface area contributed by atoms with Crippen LogP contribution in [0.2, 0.25) is 0 Å². The number of nitrogens with zero attached hydrogens (tertiary/aromatic N) is 2. The minimum absolute atomic E-state index is 0.804. The standard InChI is InChI=1S/C17H21N2/c1-12-6-8-14-16(10-12)19(4,5)17-11-13(2)7-9-15(17)18(14)3/h6-11H,1-5H3/q+1. The highest BCUT2D eigenvalue weighted by molar-refractivity contribution is 5.90. The lowest BCUT2D eigenvalue weighted by Crippen LogP contribution is -2.40. The van der Waals surface area contributed by atoms with Crippen LogP contribution in [-0.2, 0) is 0 Å². The quantitative estimate of drug-likeness (QED) is 0.633. The first kappa shape index (κ1) is 12.2. The van der Waals surface area contributed by atoms with Crippen LogP contribution in [-0.4, -0.2) is 21.1 Å². The molecule has 2 aromatic carbocycles. The second-order valence-electron chi connectivity index (χ2n) is 6.00. The summed E-state index contributed by atoms with van der Waals surface area (Å²) in [4.78, 5) is 2.30. The molecule has 0 atom stereocenters. The smallest absolute Gasteiger partial charge is 0.161 e. The molecule has 98 valence electrons. The van der Waals surface area contributed by atoms with Crippen LogP contribution in [0.15, 0.2) is 36.4 Å². The minimum atomic E-state index is 0.804. The van der Waals surface area contributed by atoms with Gasteiger partial charge in [0.05, 0.1) is 14.1 Å². The first-order valence-electron chi connectivity index (χ1n) is 6.71. The maximum Gasteiger partial charge on any atom is 0.161 e. The van der Waals surface area contributed by atoms with Crippen LogP contribution in [0.3, 0.4) is 0 Å². The maximum atomic E-state index is 2.30. The SMILES string of the molecule is Cc1ccc2c(c1)[N+](C)(C)c1cc(C)ccc1N2C. The predicted octanol–water partition coefficient (Wildman–Crippen LogP) is 4.28. The normalized spacial score (nSPS) is 15.9. The predicted molar refractivity (Wildman–Crippen MR) is 83.7 cm³/mol. The fourth-order valence-electron chi connectivity index (χ4n) is 2.99. The Kier molecular flexibility index (Phi) is 2.48. The van der Waals surface area contributed by atoms with Crippen molar-refractivity contribution in [3.63, 3.8) is 0 Å². The fraction of sp³-hybridized carbons (Fsp3) is 0.294. The molecular weight excluding hydrogens is 232 g/mol. The highest BCUT2D eigenvalue weighted by Crippen LogP contribution is 2.50. The van der Waals surface area contributed by atoms with Crippen LogP contribution >= 0.6 is 0 Å². The summed E-state index contributed by atoms with van der Waals surface area (Å²) < 4.78 is 0.804. The van der Waals surface area contributed by atoms with Crippen LogP contribution in [0.4, 0.5) is 22.7 Å². The highest BCUT2D eigenvalue weighted by atomic mass is 15.4. The van der Waals surface area contributed by atoms with E-state index in [2.05, 4.69) is 76.3 Å². The van der Waals surface area contributed by atoms with Crippen molar-refractivity contribution in [1.82, 2.24) is 4.48 Å². The van der Waals surface area contributed by atoms with Gasteiger partial charge in [0, 0.05) is 19.2 Å². The van der Waals surface area contributed by atoms with E-state index in [0.29, 0.717) is 0 Å². The summed E-state index contributed by atoms with van der Waals surface area (Å²) in [6.07, 6.45) is 0. The van der Waals surface area contributed by atoms with E-state index < -0.39 is 0 Å². The van der Waals surface area contributed by atoms with Gasteiger partial charge in [-0.2, -0.15) is 0 Å². The van der Waals surface area contributed by atoms with E-state index in [0.717, 1.165) is 4.48 Å². The van der Waals surface area contributed by atoms with Crippen molar-refractivity contribution in [2.45, 2.75) is 13.8 Å². The Morgan fingerprint density at radius 1 is 0.789 bits per heavy atom. The molecule has 2 aromatic rings. The minimum Gasteiger partial charge on any atom is -0.335 e. The van der Waals surface area contributed by atoms with Gasteiger partial charge in [-0.15, -0.1) is 0 Å². The lowest BCUT2D eigenvalue weighted by atomic mass is 10.0. The Morgan fingerprint density at radius 3 is 1.63 bits per heavy atom. The van der Waals surface area contributed by atoms with Gasteiger partial charge in [0.15, 0.2) is 11.4 Å². The van der Waals surface area contributed by atoms with E-state index in [1.54, 1.807) is 0 Å². The number of hydrogen-bond acceptors (Lipinski definition) is 1. The second kappa shape index (κ2) is 3.84. The van der Waals surface area contributed by atoms with Crippen molar-refractivity contribution >= 4 is 22.7 Å². The molecule has 0 aliphatic carbocycles. The molecular formula is C17H21N2+. The van der Waals surface area contributed by atoms with Crippen molar-refractivity contribution in [2.24, 2.45) is 0 Å². The van der Waals surface area contributed by atoms with Crippen molar-refractivity contribution in [2.75, 3.05) is 26.0 Å². The van der Waals surface area contributed by atoms with Gasteiger partial charge in [-0.05, 0) is 37.1 Å². The fourth-order valence-corrected chi connectivity index (χ4v) is 2.99. The average molecular weight is 253 g/mol. The number of fused-ring (bicyclic) bond motifs is 2. The molecule has 0 N–H and O–H groups in total. The van der Waals surface area contributed by atoms with Crippen molar-refractivity contribution in [3.8, 4) is 0 Å². The molecule has 19 heavy (non-hydrogen) atoms. The molecule has 0 saturated heterocycles. The average Bonchev–Trinajstić information content (AvgIpc) is 2.36. The van der Waals surface area contributed by atoms with Crippen LogP contribution < -0.4 is 9.38 Å². The lowest BCUT2D eigenvalue weighted by Gasteiger charge is -2.40. The molecule has 0 radical (unpaired) electrons. The molecule has 2 heteroatoms. The molecule has 0 unspecified atom stereocenters. The number of anilines is 2. The summed E-state index contributed by atoms with van der Waals surface area (Å²) >= 11 is 0. The van der Waals surface area contributed by atoms with E-state index in [9.17, 15) is 0 Å². The molecule has 1 aliphatic rings. The van der Waals surface area contributed by atoms with Crippen LogP contribution in [0.25, 0.3) is 0 Å². The Bertz CT molecular complexity index is 601. The number of benzene rings is 2. The molecule has 0 fully saturated rings. The van der Waals surface area contributed by atoms with Crippen LogP contribution in [0.5, 0.6) is 0 Å². The first-order chi connectivity index (χ1) is 8.91. The van der Waals surface area contributed by atoms with E-state index in [1.807, 2.05) is 0 Å². The van der Waals surface area contributed by atoms with E-state index in [4.69, 9.17) is 0 Å². The van der Waals surface area contributed by atoms with Gasteiger partial charge in [-0.1, -0.05) is 12.1 Å². The van der Waals surface area contributed by atoms with Gasteiger partial charge in [0.2, 0.25) is 0 Å². The lowest BCUT2D eigenvalue weighted by molar-refractivity contribution is 0.548. The monoisotopic (exact) mass is 253 g/mol. The van der Waals surface area contributed by atoms with Gasteiger partial charge in [0.25, 0.3) is 0 Å². The maximum absolute atomic E-state index is 2.30. The zero-order valence-electron chi connectivity index (χ0n) is 12.4. The summed E-state index contributed by atoms with van der Waals surface area (Å²) in [7, 11) is 6.69. The highest BCUT2D eigenvalue weighted by Gasteiger charge is 2.36. The zero-order valence-corrected chi connectivity index (χ0v) is 12.4. The summed E-state index contributed by atoms with van der Waals surface area (Å²) in [5.74, 6) is 0. The van der Waals surface area contributed by atoms with E-state index in [-0.39, 0.29) is 0 Å². The number of rotatable bonds is 0. The zero-order chi connectivity index (χ0) is 13.8. The molecule has 0 spiro atoms. The van der Waals surface area contributed by atoms with Gasteiger partial charge >= 0.3 is 0 Å².